The molecule has 0 aliphatic heterocycles. The molecule has 0 spiro atoms. The highest BCUT2D eigenvalue weighted by molar-refractivity contribution is 7.94. The molecule has 16 nitrogen and oxygen atoms in total. The highest BCUT2D eigenvalue weighted by Crippen LogP contribution is 2.44. The lowest BCUT2D eigenvalue weighted by Gasteiger charge is -2.11. The minimum Gasteiger partial charge on any atom is -0.505 e. The van der Waals surface area contributed by atoms with Crippen molar-refractivity contribution >= 4 is 91.2 Å². The lowest BCUT2D eigenvalue weighted by molar-refractivity contribution is -0.434. The van der Waals surface area contributed by atoms with Crippen LogP contribution in [0.2, 0.25) is 10.6 Å². The molecule has 0 unspecified atom stereocenters. The second-order valence-corrected chi connectivity index (χ2v) is 11.6. The molecule has 0 aliphatic carbocycles. The van der Waals surface area contributed by atoms with Crippen molar-refractivity contribution in [3.63, 3.8) is 0 Å². The molecule has 1 heterocycles. The molecule has 1 aromatic heterocycles. The largest absolute Gasteiger partial charge is 0.505 e. The topological polar surface area (TPSA) is 216 Å². The molecule has 0 fully saturated rings. The number of rotatable bonds is 14. The number of nitrogens with one attached hydrogen (secondary N) is 1. The van der Waals surface area contributed by atoms with Crippen molar-refractivity contribution in [1.29, 1.82) is 0 Å². The third-order valence-corrected chi connectivity index (χ3v) is 8.08. The summed E-state index contributed by atoms with van der Waals surface area (Å²) in [5.41, 5.74) is 0.748. The van der Waals surface area contributed by atoms with Crippen LogP contribution in [0.1, 0.15) is 0 Å². The minimum absolute atomic E-state index is 0.00112. The Morgan fingerprint density at radius 2 is 1.64 bits per heavy atom. The maximum atomic E-state index is 12.5. The molecule has 3 aromatic carbocycles. The Balaban J connectivity index is 1.57. The SMILES string of the molecule is O=S(=O)(CCOSOOO)c1ccc(/N=N/c2c(SOOO)cc3cc(Nc4nc(Cl)nc(Cl)n4)ccc3c2O)cc1. The van der Waals surface area contributed by atoms with Crippen LogP contribution in [-0.4, -0.2) is 51.4 Å². The van der Waals surface area contributed by atoms with Crippen LogP contribution in [0.4, 0.5) is 23.0 Å². The number of hydrogen-bond donors (Lipinski definition) is 4. The molecule has 0 amide bonds. The second-order valence-electron chi connectivity index (χ2n) is 7.60. The van der Waals surface area contributed by atoms with Crippen LogP contribution in [0, 0.1) is 0 Å². The summed E-state index contributed by atoms with van der Waals surface area (Å²) in [6, 6.07) is 11.9. The fourth-order valence-corrected chi connectivity index (χ4v) is 5.58. The number of phenols is 1. The zero-order chi connectivity index (χ0) is 30.1. The molecule has 4 N–H and O–H groups in total. The Morgan fingerprint density at radius 3 is 2.33 bits per heavy atom. The van der Waals surface area contributed by atoms with Gasteiger partial charge in [-0.15, -0.1) is 13.8 Å². The van der Waals surface area contributed by atoms with Crippen LogP contribution in [0.5, 0.6) is 5.75 Å². The van der Waals surface area contributed by atoms with E-state index in [4.69, 9.17) is 37.9 Å². The first kappa shape index (κ1) is 32.0. The molecule has 4 aromatic rings. The minimum atomic E-state index is -3.70. The number of benzene rings is 3. The first-order valence-corrected chi connectivity index (χ1v) is 14.8. The van der Waals surface area contributed by atoms with Gasteiger partial charge in [0.05, 0.1) is 39.9 Å². The number of sulfone groups is 1. The van der Waals surface area contributed by atoms with E-state index in [-0.39, 0.29) is 68.1 Å². The van der Waals surface area contributed by atoms with Gasteiger partial charge >= 0.3 is 0 Å². The van der Waals surface area contributed by atoms with Crippen molar-refractivity contribution < 1.29 is 47.0 Å². The molecule has 0 aliphatic rings. The number of halogens is 2. The smallest absolute Gasteiger partial charge is 0.232 e. The van der Waals surface area contributed by atoms with Gasteiger partial charge in [-0.1, -0.05) is 10.1 Å². The van der Waals surface area contributed by atoms with Gasteiger partial charge in [-0.25, -0.2) is 18.9 Å². The number of hydrogen-bond acceptors (Lipinski definition) is 18. The number of fused-ring (bicyclic) bond motifs is 1. The van der Waals surface area contributed by atoms with Gasteiger partial charge in [0.15, 0.2) is 27.9 Å². The van der Waals surface area contributed by atoms with Gasteiger partial charge in [-0.2, -0.15) is 20.1 Å². The van der Waals surface area contributed by atoms with Gasteiger partial charge in [0.1, 0.15) is 5.69 Å². The molecular weight excluding hydrogens is 663 g/mol. The van der Waals surface area contributed by atoms with Crippen LogP contribution in [-0.2, 0) is 32.8 Å². The molecule has 0 saturated carbocycles. The average molecular weight is 679 g/mol. The lowest BCUT2D eigenvalue weighted by Crippen LogP contribution is -2.10. The highest BCUT2D eigenvalue weighted by Gasteiger charge is 2.17. The summed E-state index contributed by atoms with van der Waals surface area (Å²) in [5, 5.41) is 46.5. The zero-order valence-electron chi connectivity index (χ0n) is 20.4. The van der Waals surface area contributed by atoms with Gasteiger partial charge in [0.2, 0.25) is 16.5 Å². The number of nitrogens with zero attached hydrogens (tertiary/aromatic N) is 5. The van der Waals surface area contributed by atoms with E-state index in [0.29, 0.717) is 28.5 Å². The zero-order valence-corrected chi connectivity index (χ0v) is 24.4. The predicted octanol–water partition coefficient (Wildman–Crippen LogP) is 6.40. The van der Waals surface area contributed by atoms with E-state index in [1.165, 1.54) is 24.3 Å². The summed E-state index contributed by atoms with van der Waals surface area (Å²) in [7, 11) is -3.70. The van der Waals surface area contributed by atoms with E-state index in [1.54, 1.807) is 24.3 Å². The molecule has 42 heavy (non-hydrogen) atoms. The molecule has 0 radical (unpaired) electrons. The lowest BCUT2D eigenvalue weighted by atomic mass is 10.1. The highest BCUT2D eigenvalue weighted by atomic mass is 35.5. The number of aromatic hydroxyl groups is 1. The van der Waals surface area contributed by atoms with E-state index in [9.17, 15) is 13.5 Å². The maximum absolute atomic E-state index is 12.5. The maximum Gasteiger partial charge on any atom is 0.232 e. The van der Waals surface area contributed by atoms with E-state index in [2.05, 4.69) is 49.2 Å². The van der Waals surface area contributed by atoms with Gasteiger partial charge in [-0.05, 0) is 77.1 Å². The molecule has 222 valence electrons. The third kappa shape index (κ3) is 8.56. The second kappa shape index (κ2) is 15.0. The quantitative estimate of drug-likeness (QED) is 0.0373. The summed E-state index contributed by atoms with van der Waals surface area (Å²) < 4.78 is 38.2. The van der Waals surface area contributed by atoms with Gasteiger partial charge in [-0.3, -0.25) is 4.18 Å². The fourth-order valence-electron chi connectivity index (χ4n) is 3.31. The standard InChI is InChI=1S/C21H16Cl2N6O10S3/c22-19-25-20(23)27-21(26-19)24-13-3-6-15-11(9-13)10-16(40-38-36-31)17(18(15)30)29-28-12-1-4-14(5-2-12)42(33,34)8-7-35-41-39-37-32/h1-6,9-10,30-32H,7-8H2,(H,24,25,26,27)/b29-28+. The van der Waals surface area contributed by atoms with Crippen molar-refractivity contribution in [3.8, 4) is 5.75 Å². The number of anilines is 2. The van der Waals surface area contributed by atoms with Crippen molar-refractivity contribution in [3.05, 3.63) is 59.1 Å². The number of azo groups is 1. The number of phenolic OH excluding ortho intramolecular Hbond substituents is 1. The third-order valence-electron chi connectivity index (χ3n) is 5.05. The molecular formula is C21H16Cl2N6O10S3. The van der Waals surface area contributed by atoms with E-state index in [0.717, 1.165) is 0 Å². The van der Waals surface area contributed by atoms with Crippen LogP contribution in [0.15, 0.2) is 68.6 Å². The monoisotopic (exact) mass is 678 g/mol. The van der Waals surface area contributed by atoms with Crippen LogP contribution in [0.25, 0.3) is 10.8 Å². The molecule has 0 saturated heterocycles. The van der Waals surface area contributed by atoms with Gasteiger partial charge in [0, 0.05) is 11.1 Å². The van der Waals surface area contributed by atoms with Crippen molar-refractivity contribution in [2.75, 3.05) is 17.7 Å². The van der Waals surface area contributed by atoms with Crippen molar-refractivity contribution in [1.82, 2.24) is 15.0 Å². The summed E-state index contributed by atoms with van der Waals surface area (Å²) in [6.07, 6.45) is 0. The first-order chi connectivity index (χ1) is 20.2. The predicted molar refractivity (Wildman–Crippen MR) is 150 cm³/mol. The molecule has 0 atom stereocenters. The Morgan fingerprint density at radius 1 is 0.929 bits per heavy atom. The number of aromatic nitrogens is 3. The summed E-state index contributed by atoms with van der Waals surface area (Å²) in [5.74, 6) is -0.553. The molecule has 0 bridgehead atoms. The van der Waals surface area contributed by atoms with Crippen molar-refractivity contribution in [2.24, 2.45) is 10.2 Å². The molecule has 4 rings (SSSR count). The van der Waals surface area contributed by atoms with E-state index >= 15 is 0 Å². The Hall–Kier alpha value is -2.92. The van der Waals surface area contributed by atoms with Crippen LogP contribution < -0.4 is 5.32 Å². The Kier molecular flexibility index (Phi) is 11.4. The first-order valence-electron chi connectivity index (χ1n) is 11.0. The Labute approximate surface area is 254 Å². The van der Waals surface area contributed by atoms with Gasteiger partial charge < -0.3 is 10.4 Å². The van der Waals surface area contributed by atoms with Crippen LogP contribution >= 0.6 is 47.6 Å². The average Bonchev–Trinajstić information content (AvgIpc) is 2.95. The van der Waals surface area contributed by atoms with Crippen molar-refractivity contribution in [2.45, 2.75) is 9.79 Å². The molecule has 21 heteroatoms. The fraction of sp³-hybridized carbons (Fsp3) is 0.0952. The van der Waals surface area contributed by atoms with Gasteiger partial charge in [0.25, 0.3) is 0 Å². The summed E-state index contributed by atoms with van der Waals surface area (Å²) >= 11 is 12.5. The van der Waals surface area contributed by atoms with Crippen LogP contribution in [0.3, 0.4) is 0 Å². The summed E-state index contributed by atoms with van der Waals surface area (Å²) in [6.45, 7) is -0.239. The van der Waals surface area contributed by atoms with E-state index < -0.39 is 9.84 Å². The normalized spacial score (nSPS) is 11.9. The van der Waals surface area contributed by atoms with E-state index in [1.807, 2.05) is 0 Å². The Bertz CT molecular complexity index is 1670. The summed E-state index contributed by atoms with van der Waals surface area (Å²) in [4.78, 5) is 11.8.